The van der Waals surface area contributed by atoms with Gasteiger partial charge in [0.25, 0.3) is 5.82 Å². The number of esters is 1. The highest BCUT2D eigenvalue weighted by Gasteiger charge is 2.20. The number of hydrogen-bond donors (Lipinski definition) is 1. The number of carbonyl (C=O) groups is 2. The molecule has 0 spiro atoms. The first-order valence-corrected chi connectivity index (χ1v) is 11.5. The third-order valence-corrected chi connectivity index (χ3v) is 6.08. The van der Waals surface area contributed by atoms with Crippen molar-refractivity contribution in [1.82, 2.24) is 29.8 Å². The summed E-state index contributed by atoms with van der Waals surface area (Å²) < 4.78 is 13.2. The Morgan fingerprint density at radius 2 is 1.68 bits per heavy atom. The number of nitrogens with zero attached hydrogens (tertiary/aromatic N) is 6. The number of benzene rings is 4. The molecule has 184 valence electrons. The zero-order valence-electron chi connectivity index (χ0n) is 19.7. The summed E-state index contributed by atoms with van der Waals surface area (Å²) in [6.07, 6.45) is 1.68. The summed E-state index contributed by atoms with van der Waals surface area (Å²) in [6, 6.07) is 18.7. The summed E-state index contributed by atoms with van der Waals surface area (Å²) in [5.74, 6) is -1.90. The van der Waals surface area contributed by atoms with Crippen LogP contribution in [0.1, 0.15) is 17.5 Å². The van der Waals surface area contributed by atoms with Gasteiger partial charge in [-0.05, 0) is 33.0 Å². The zero-order chi connectivity index (χ0) is 25.5. The predicted octanol–water partition coefficient (Wildman–Crippen LogP) is 3.66. The van der Waals surface area contributed by atoms with E-state index in [0.29, 0.717) is 5.69 Å². The first-order chi connectivity index (χ1) is 18.0. The van der Waals surface area contributed by atoms with Gasteiger partial charge in [0.05, 0.1) is 18.5 Å². The number of rotatable bonds is 8. The molecule has 6 aromatic rings. The zero-order valence-corrected chi connectivity index (χ0v) is 19.7. The number of carboxylic acids is 1. The van der Waals surface area contributed by atoms with E-state index in [1.54, 1.807) is 10.9 Å². The molecule has 0 amide bonds. The molecule has 0 saturated carbocycles. The van der Waals surface area contributed by atoms with Gasteiger partial charge >= 0.3 is 11.9 Å². The van der Waals surface area contributed by atoms with E-state index in [-0.39, 0.29) is 25.8 Å². The minimum atomic E-state index is -1.28. The molecule has 11 heteroatoms. The van der Waals surface area contributed by atoms with Crippen LogP contribution in [0, 0.1) is 0 Å². The topological polar surface area (TPSA) is 134 Å². The number of carboxylic acid groups (broad SMARTS) is 1. The number of ether oxygens (including phenoxy) is 2. The van der Waals surface area contributed by atoms with Gasteiger partial charge in [0.2, 0.25) is 0 Å². The molecule has 0 atom stereocenters. The molecule has 0 aliphatic rings. The molecule has 0 saturated heterocycles. The normalized spacial score (nSPS) is 11.6. The van der Waals surface area contributed by atoms with Crippen molar-refractivity contribution in [2.75, 3.05) is 13.2 Å². The second-order valence-electron chi connectivity index (χ2n) is 8.43. The monoisotopic (exact) mass is 496 g/mol. The van der Waals surface area contributed by atoms with Gasteiger partial charge in [0.15, 0.2) is 11.5 Å². The van der Waals surface area contributed by atoms with Gasteiger partial charge in [-0.3, -0.25) is 4.79 Å². The minimum absolute atomic E-state index is 0.0655. The molecule has 0 radical (unpaired) electrons. The molecular weight excluding hydrogens is 476 g/mol. The van der Waals surface area contributed by atoms with Gasteiger partial charge in [0, 0.05) is 12.3 Å². The molecule has 0 aliphatic heterocycles. The van der Waals surface area contributed by atoms with Crippen LogP contribution in [0.15, 0.2) is 60.8 Å². The van der Waals surface area contributed by atoms with E-state index in [1.165, 1.54) is 17.0 Å². The number of aromatic carboxylic acids is 1. The molecule has 0 unspecified atom stereocenters. The van der Waals surface area contributed by atoms with E-state index in [2.05, 4.69) is 56.8 Å². The maximum absolute atomic E-state index is 11.5. The fourth-order valence-electron chi connectivity index (χ4n) is 4.51. The van der Waals surface area contributed by atoms with Crippen LogP contribution in [-0.4, -0.2) is 60.0 Å². The highest BCUT2D eigenvalue weighted by atomic mass is 16.6. The van der Waals surface area contributed by atoms with E-state index in [1.807, 2.05) is 18.2 Å². The maximum atomic E-state index is 11.5. The average Bonchev–Trinajstić information content (AvgIpc) is 3.54. The Morgan fingerprint density at radius 1 is 0.946 bits per heavy atom. The van der Waals surface area contributed by atoms with Crippen molar-refractivity contribution in [3.8, 4) is 17.2 Å². The summed E-state index contributed by atoms with van der Waals surface area (Å²) in [4.78, 5) is 26.5. The predicted molar refractivity (Wildman–Crippen MR) is 134 cm³/mol. The molecule has 37 heavy (non-hydrogen) atoms. The van der Waals surface area contributed by atoms with Crippen molar-refractivity contribution in [1.29, 1.82) is 0 Å². The lowest BCUT2D eigenvalue weighted by atomic mass is 9.93. The molecule has 4 aromatic carbocycles. The Bertz CT molecular complexity index is 1770. The summed E-state index contributed by atoms with van der Waals surface area (Å²) in [6.45, 7) is 1.37. The van der Waals surface area contributed by atoms with Crippen LogP contribution < -0.4 is 0 Å². The second-order valence-corrected chi connectivity index (χ2v) is 8.43. The van der Waals surface area contributed by atoms with Gasteiger partial charge in [-0.15, -0.1) is 10.2 Å². The first kappa shape index (κ1) is 22.6. The average molecular weight is 496 g/mol. The Morgan fingerprint density at radius 3 is 2.43 bits per heavy atom. The molecule has 1 N–H and O–H groups in total. The number of hydrogen-bond acceptors (Lipinski definition) is 8. The SMILES string of the molecule is CC(=O)OCCOCn1nc(C(=O)O)nc1-c1cn(-c2ccc3ccc4cccc5ccc2c3c45)nn1. The third-order valence-electron chi connectivity index (χ3n) is 6.08. The Labute approximate surface area is 209 Å². The lowest BCUT2D eigenvalue weighted by Crippen LogP contribution is -2.12. The quantitative estimate of drug-likeness (QED) is 0.190. The van der Waals surface area contributed by atoms with Gasteiger partial charge in [0.1, 0.15) is 13.3 Å². The van der Waals surface area contributed by atoms with Crippen LogP contribution in [0.5, 0.6) is 0 Å². The summed E-state index contributed by atoms with van der Waals surface area (Å²) in [5.41, 5.74) is 1.15. The lowest BCUT2D eigenvalue weighted by molar-refractivity contribution is -0.142. The van der Waals surface area contributed by atoms with Gasteiger partial charge < -0.3 is 14.6 Å². The Kier molecular flexibility index (Phi) is 5.46. The third kappa shape index (κ3) is 4.00. The molecular formula is C26H20N6O5. The summed E-state index contributed by atoms with van der Waals surface area (Å²) >= 11 is 0. The van der Waals surface area contributed by atoms with Gasteiger partial charge in [-0.25, -0.2) is 14.2 Å². The fraction of sp³-hybridized carbons (Fsp3) is 0.154. The standard InChI is InChI=1S/C26H20N6O5/c1-15(33)37-12-11-36-14-32-25(27-24(29-32)26(34)35)20-13-31(30-28-20)21-10-8-18-6-5-16-3-2-4-17-7-9-19(21)23(18)22(16)17/h2-10,13H,11-12,14H2,1H3,(H,34,35). The largest absolute Gasteiger partial charge is 0.475 e. The van der Waals surface area contributed by atoms with Crippen LogP contribution in [-0.2, 0) is 21.0 Å². The van der Waals surface area contributed by atoms with Crippen molar-refractivity contribution < 1.29 is 24.2 Å². The summed E-state index contributed by atoms with van der Waals surface area (Å²) in [5, 5.41) is 28.8. The maximum Gasteiger partial charge on any atom is 0.375 e. The molecule has 11 nitrogen and oxygen atoms in total. The summed E-state index contributed by atoms with van der Waals surface area (Å²) in [7, 11) is 0. The van der Waals surface area contributed by atoms with E-state index in [9.17, 15) is 14.7 Å². The molecule has 0 bridgehead atoms. The Hall–Kier alpha value is -4.90. The highest BCUT2D eigenvalue weighted by Crippen LogP contribution is 2.37. The van der Waals surface area contributed by atoms with Crippen LogP contribution in [0.25, 0.3) is 49.5 Å². The molecule has 2 aromatic heterocycles. The molecule has 6 rings (SSSR count). The van der Waals surface area contributed by atoms with Crippen LogP contribution in [0.2, 0.25) is 0 Å². The van der Waals surface area contributed by atoms with Crippen LogP contribution in [0.4, 0.5) is 0 Å². The molecule has 2 heterocycles. The van der Waals surface area contributed by atoms with Crippen molar-refractivity contribution >= 4 is 44.3 Å². The highest BCUT2D eigenvalue weighted by molar-refractivity contribution is 6.24. The van der Waals surface area contributed by atoms with Crippen molar-refractivity contribution in [2.45, 2.75) is 13.7 Å². The second kappa shape index (κ2) is 8.95. The van der Waals surface area contributed by atoms with E-state index >= 15 is 0 Å². The van der Waals surface area contributed by atoms with E-state index < -0.39 is 17.8 Å². The van der Waals surface area contributed by atoms with Crippen molar-refractivity contribution in [3.63, 3.8) is 0 Å². The Balaban J connectivity index is 1.37. The van der Waals surface area contributed by atoms with Crippen LogP contribution in [0.3, 0.4) is 0 Å². The van der Waals surface area contributed by atoms with E-state index in [0.717, 1.165) is 32.6 Å². The molecule has 0 fully saturated rings. The van der Waals surface area contributed by atoms with Gasteiger partial charge in [-0.1, -0.05) is 53.7 Å². The molecule has 0 aliphatic carbocycles. The fourth-order valence-corrected chi connectivity index (χ4v) is 4.51. The lowest BCUT2D eigenvalue weighted by Gasteiger charge is -2.13. The number of carbonyl (C=O) groups excluding carboxylic acids is 1. The smallest absolute Gasteiger partial charge is 0.375 e. The van der Waals surface area contributed by atoms with Crippen molar-refractivity contribution in [3.05, 3.63) is 66.6 Å². The first-order valence-electron chi connectivity index (χ1n) is 11.5. The van der Waals surface area contributed by atoms with Crippen molar-refractivity contribution in [2.24, 2.45) is 0 Å². The van der Waals surface area contributed by atoms with E-state index in [4.69, 9.17) is 9.47 Å². The number of aromatic nitrogens is 6. The minimum Gasteiger partial charge on any atom is -0.475 e. The van der Waals surface area contributed by atoms with Gasteiger partial charge in [-0.2, -0.15) is 4.98 Å². The van der Waals surface area contributed by atoms with Crippen LogP contribution >= 0.6 is 0 Å².